The Morgan fingerprint density at radius 2 is 2.53 bits per heavy atom. The average Bonchev–Trinajstić information content (AvgIpc) is 2.66. The maximum absolute atomic E-state index is 4.41. The second-order valence-electron chi connectivity index (χ2n) is 3.51. The topological polar surface area (TPSA) is 40.5 Å². The Morgan fingerprint density at radius 1 is 1.60 bits per heavy atom. The highest BCUT2D eigenvalue weighted by atomic mass is 32.1. The van der Waals surface area contributed by atoms with Gasteiger partial charge in [0.05, 0.1) is 0 Å². The van der Waals surface area contributed by atoms with Gasteiger partial charge in [0.15, 0.2) is 0 Å². The normalized spacial score (nSPS) is 21.1. The molecule has 80 valence electrons. The van der Waals surface area contributed by atoms with Crippen LogP contribution in [0.1, 0.15) is 6.42 Å². The molecule has 1 fully saturated rings. The number of nitrogens with one attached hydrogen (secondary N) is 1. The van der Waals surface area contributed by atoms with Crippen molar-refractivity contribution in [3.05, 3.63) is 24.4 Å². The Labute approximate surface area is 94.8 Å². The Hall–Kier alpha value is -1.23. The molecular formula is C10H14N4S. The van der Waals surface area contributed by atoms with Gasteiger partial charge in [0.25, 0.3) is 0 Å². The van der Waals surface area contributed by atoms with E-state index in [1.165, 1.54) is 0 Å². The van der Waals surface area contributed by atoms with Crippen LogP contribution in [0.15, 0.2) is 29.5 Å². The Kier molecular flexibility index (Phi) is 3.45. The molecule has 4 nitrogen and oxygen atoms in total. The maximum Gasteiger partial charge on any atom is 0.146 e. The van der Waals surface area contributed by atoms with Gasteiger partial charge in [-0.2, -0.15) is 17.7 Å². The number of likely N-dealkylation sites (tertiary alicyclic amines) is 1. The third kappa shape index (κ3) is 3.13. The maximum atomic E-state index is 4.41. The third-order valence-corrected chi connectivity index (χ3v) is 2.68. The van der Waals surface area contributed by atoms with Gasteiger partial charge in [-0.05, 0) is 18.6 Å². The van der Waals surface area contributed by atoms with Gasteiger partial charge in [-0.25, -0.2) is 4.98 Å². The first-order chi connectivity index (χ1) is 7.34. The number of nitrogens with zero attached hydrogens (tertiary/aromatic N) is 3. The molecular weight excluding hydrogens is 208 g/mol. The predicted molar refractivity (Wildman–Crippen MR) is 65.3 cm³/mol. The standard InChI is InChI=1S/C10H14N4S/c15-9-4-6-14(7-9)8-12-13-10-3-1-2-5-11-10/h1-3,5,8-9,15H,4,6-7H2,(H,11,13). The van der Waals surface area contributed by atoms with Gasteiger partial charge in [-0.3, -0.25) is 5.43 Å². The number of hydrogen-bond donors (Lipinski definition) is 2. The number of hydrogen-bond acceptors (Lipinski definition) is 4. The lowest BCUT2D eigenvalue weighted by atomic mass is 10.4. The van der Waals surface area contributed by atoms with E-state index in [0.717, 1.165) is 25.3 Å². The monoisotopic (exact) mass is 222 g/mol. The van der Waals surface area contributed by atoms with Crippen LogP contribution in [0, 0.1) is 0 Å². The molecule has 1 saturated heterocycles. The molecule has 1 unspecified atom stereocenters. The molecule has 5 heteroatoms. The van der Waals surface area contributed by atoms with Crippen LogP contribution < -0.4 is 5.43 Å². The molecule has 2 rings (SSSR count). The molecule has 2 heterocycles. The Balaban J connectivity index is 1.81. The van der Waals surface area contributed by atoms with Crippen molar-refractivity contribution in [2.45, 2.75) is 11.7 Å². The van der Waals surface area contributed by atoms with Crippen LogP contribution in [0.25, 0.3) is 0 Å². The van der Waals surface area contributed by atoms with E-state index in [0.29, 0.717) is 5.25 Å². The molecule has 15 heavy (non-hydrogen) atoms. The van der Waals surface area contributed by atoms with Gasteiger partial charge >= 0.3 is 0 Å². The summed E-state index contributed by atoms with van der Waals surface area (Å²) in [6, 6.07) is 5.67. The fourth-order valence-electron chi connectivity index (χ4n) is 1.48. The van der Waals surface area contributed by atoms with E-state index in [2.05, 4.69) is 33.0 Å². The van der Waals surface area contributed by atoms with E-state index in [9.17, 15) is 0 Å². The zero-order valence-corrected chi connectivity index (χ0v) is 9.27. The van der Waals surface area contributed by atoms with E-state index in [1.807, 2.05) is 24.5 Å². The summed E-state index contributed by atoms with van der Waals surface area (Å²) in [4.78, 5) is 6.25. The average molecular weight is 222 g/mol. The summed E-state index contributed by atoms with van der Waals surface area (Å²) in [6.07, 6.45) is 4.67. The number of rotatable bonds is 3. The summed E-state index contributed by atoms with van der Waals surface area (Å²) < 4.78 is 0. The van der Waals surface area contributed by atoms with Gasteiger partial charge in [-0.1, -0.05) is 6.07 Å². The first kappa shape index (κ1) is 10.3. The molecule has 1 aromatic rings. The molecule has 1 aliphatic rings. The number of anilines is 1. The van der Waals surface area contributed by atoms with Gasteiger partial charge in [-0.15, -0.1) is 0 Å². The first-order valence-electron chi connectivity index (χ1n) is 4.97. The van der Waals surface area contributed by atoms with Crippen molar-refractivity contribution in [2.75, 3.05) is 18.5 Å². The zero-order valence-electron chi connectivity index (χ0n) is 8.37. The van der Waals surface area contributed by atoms with Gasteiger partial charge in [0.2, 0.25) is 0 Å². The van der Waals surface area contributed by atoms with E-state index in [-0.39, 0.29) is 0 Å². The van der Waals surface area contributed by atoms with Gasteiger partial charge < -0.3 is 4.90 Å². The first-order valence-corrected chi connectivity index (χ1v) is 5.48. The van der Waals surface area contributed by atoms with Crippen molar-refractivity contribution in [1.82, 2.24) is 9.88 Å². The molecule has 0 aromatic carbocycles. The zero-order chi connectivity index (χ0) is 10.5. The molecule has 1 aromatic heterocycles. The summed E-state index contributed by atoms with van der Waals surface area (Å²) in [5.74, 6) is 0.760. The molecule has 1 aliphatic heterocycles. The van der Waals surface area contributed by atoms with Gasteiger partial charge in [0, 0.05) is 24.5 Å². The van der Waals surface area contributed by atoms with Crippen molar-refractivity contribution < 1.29 is 0 Å². The number of hydrazone groups is 1. The predicted octanol–water partition coefficient (Wildman–Crippen LogP) is 1.44. The molecule has 0 amide bonds. The quantitative estimate of drug-likeness (QED) is 0.352. The molecule has 0 radical (unpaired) electrons. The van der Waals surface area contributed by atoms with Crippen LogP contribution >= 0.6 is 12.6 Å². The highest BCUT2D eigenvalue weighted by Gasteiger charge is 2.16. The van der Waals surface area contributed by atoms with Crippen molar-refractivity contribution in [2.24, 2.45) is 5.10 Å². The number of aromatic nitrogens is 1. The van der Waals surface area contributed by atoms with Crippen LogP contribution in [-0.2, 0) is 0 Å². The minimum Gasteiger partial charge on any atom is -0.360 e. The Morgan fingerprint density at radius 3 is 3.20 bits per heavy atom. The van der Waals surface area contributed by atoms with Crippen molar-refractivity contribution in [3.63, 3.8) is 0 Å². The summed E-state index contributed by atoms with van der Waals surface area (Å²) in [6.45, 7) is 2.00. The summed E-state index contributed by atoms with van der Waals surface area (Å²) in [5, 5.41) is 4.59. The van der Waals surface area contributed by atoms with Crippen molar-refractivity contribution >= 4 is 24.8 Å². The summed E-state index contributed by atoms with van der Waals surface area (Å²) in [7, 11) is 0. The largest absolute Gasteiger partial charge is 0.360 e. The van der Waals surface area contributed by atoms with Crippen molar-refractivity contribution in [3.8, 4) is 0 Å². The van der Waals surface area contributed by atoms with E-state index in [4.69, 9.17) is 0 Å². The van der Waals surface area contributed by atoms with Crippen LogP contribution in [-0.4, -0.2) is 34.6 Å². The van der Waals surface area contributed by atoms with Crippen LogP contribution in [0.5, 0.6) is 0 Å². The van der Waals surface area contributed by atoms with Crippen LogP contribution in [0.2, 0.25) is 0 Å². The minimum atomic E-state index is 0.478. The molecule has 0 bridgehead atoms. The highest BCUT2D eigenvalue weighted by Crippen LogP contribution is 2.12. The van der Waals surface area contributed by atoms with E-state index >= 15 is 0 Å². The molecule has 1 atom stereocenters. The SMILES string of the molecule is SC1CCN(C=NNc2ccccn2)C1. The highest BCUT2D eigenvalue weighted by molar-refractivity contribution is 7.81. The fourth-order valence-corrected chi connectivity index (χ4v) is 1.80. The number of pyridine rings is 1. The third-order valence-electron chi connectivity index (χ3n) is 2.26. The van der Waals surface area contributed by atoms with Gasteiger partial charge in [0.1, 0.15) is 12.2 Å². The minimum absolute atomic E-state index is 0.478. The fraction of sp³-hybridized carbons (Fsp3) is 0.400. The second kappa shape index (κ2) is 5.02. The molecule has 0 aliphatic carbocycles. The summed E-state index contributed by atoms with van der Waals surface area (Å²) >= 11 is 4.41. The van der Waals surface area contributed by atoms with E-state index in [1.54, 1.807) is 6.20 Å². The molecule has 0 saturated carbocycles. The number of thiol groups is 1. The molecule has 1 N–H and O–H groups in total. The lowest BCUT2D eigenvalue weighted by molar-refractivity contribution is 0.536. The summed E-state index contributed by atoms with van der Waals surface area (Å²) in [5.41, 5.74) is 2.88. The lowest BCUT2D eigenvalue weighted by Crippen LogP contribution is -2.19. The Bertz CT molecular complexity index is 327. The van der Waals surface area contributed by atoms with Crippen molar-refractivity contribution in [1.29, 1.82) is 0 Å². The lowest BCUT2D eigenvalue weighted by Gasteiger charge is -2.09. The second-order valence-corrected chi connectivity index (χ2v) is 4.24. The molecule has 0 spiro atoms. The smallest absolute Gasteiger partial charge is 0.146 e. The van der Waals surface area contributed by atoms with E-state index < -0.39 is 0 Å². The van der Waals surface area contributed by atoms with Crippen LogP contribution in [0.3, 0.4) is 0 Å². The van der Waals surface area contributed by atoms with Crippen LogP contribution in [0.4, 0.5) is 5.82 Å².